The molecule has 4 aromatic rings. The van der Waals surface area contributed by atoms with Crippen LogP contribution >= 0.6 is 23.7 Å². The number of aromatic nitrogens is 1. The Bertz CT molecular complexity index is 1350. The number of amides is 1. The van der Waals surface area contributed by atoms with Crippen molar-refractivity contribution in [3.05, 3.63) is 107 Å². The highest BCUT2D eigenvalue weighted by molar-refractivity contribution is 7.13. The first-order valence-electron chi connectivity index (χ1n) is 11.9. The van der Waals surface area contributed by atoms with E-state index < -0.39 is 0 Å². The number of nitrogens with zero attached hydrogens (tertiary/aromatic N) is 2. The van der Waals surface area contributed by atoms with Gasteiger partial charge in [0.25, 0.3) is 5.91 Å². The second-order valence-corrected chi connectivity index (χ2v) is 9.72. The Hall–Kier alpha value is -3.52. The lowest BCUT2D eigenvalue weighted by Gasteiger charge is -2.20. The van der Waals surface area contributed by atoms with Crippen molar-refractivity contribution in [1.29, 1.82) is 0 Å². The van der Waals surface area contributed by atoms with Crippen LogP contribution < -0.4 is 5.32 Å². The maximum absolute atomic E-state index is 13.1. The number of likely N-dealkylation sites (tertiary alicyclic amines) is 1. The number of carbonyl (C=O) groups is 2. The Morgan fingerprint density at radius 1 is 0.973 bits per heavy atom. The summed E-state index contributed by atoms with van der Waals surface area (Å²) in [5, 5.41) is 5.62. The molecule has 0 bridgehead atoms. The molecule has 1 N–H and O–H groups in total. The average molecular weight is 534 g/mol. The van der Waals surface area contributed by atoms with Crippen molar-refractivity contribution in [1.82, 2.24) is 9.88 Å². The molecular formula is C29H28ClN3O3S. The van der Waals surface area contributed by atoms with E-state index in [9.17, 15) is 9.59 Å². The second kappa shape index (κ2) is 12.1. The van der Waals surface area contributed by atoms with Crippen LogP contribution in [0, 0.1) is 5.92 Å². The number of esters is 1. The molecule has 1 aromatic heterocycles. The second-order valence-electron chi connectivity index (χ2n) is 8.86. The van der Waals surface area contributed by atoms with Gasteiger partial charge in [-0.3, -0.25) is 14.5 Å². The Morgan fingerprint density at radius 3 is 2.38 bits per heavy atom. The molecule has 1 aliphatic heterocycles. The van der Waals surface area contributed by atoms with E-state index in [-0.39, 0.29) is 36.1 Å². The first kappa shape index (κ1) is 26.5. The topological polar surface area (TPSA) is 71.5 Å². The zero-order valence-electron chi connectivity index (χ0n) is 20.4. The van der Waals surface area contributed by atoms with Crippen LogP contribution in [0.2, 0.25) is 0 Å². The summed E-state index contributed by atoms with van der Waals surface area (Å²) < 4.78 is 5.16. The fourth-order valence-corrected chi connectivity index (χ4v) is 5.58. The predicted octanol–water partition coefficient (Wildman–Crippen LogP) is 5.87. The number of ether oxygens (including phenoxy) is 1. The molecule has 2 atom stereocenters. The zero-order valence-corrected chi connectivity index (χ0v) is 22.0. The lowest BCUT2D eigenvalue weighted by Crippen LogP contribution is -2.25. The third-order valence-electron chi connectivity index (χ3n) is 6.51. The quantitative estimate of drug-likeness (QED) is 0.301. The summed E-state index contributed by atoms with van der Waals surface area (Å²) in [4.78, 5) is 32.7. The number of methoxy groups -OCH3 is 1. The van der Waals surface area contributed by atoms with Crippen molar-refractivity contribution in [2.24, 2.45) is 5.92 Å². The van der Waals surface area contributed by atoms with Gasteiger partial charge in [0.2, 0.25) is 0 Å². The molecule has 1 fully saturated rings. The number of thiazole rings is 1. The molecule has 5 rings (SSSR count). The smallest absolute Gasteiger partial charge is 0.310 e. The number of halogens is 1. The largest absolute Gasteiger partial charge is 0.469 e. The van der Waals surface area contributed by atoms with Gasteiger partial charge in [0.05, 0.1) is 13.0 Å². The Morgan fingerprint density at radius 2 is 1.65 bits per heavy atom. The van der Waals surface area contributed by atoms with Crippen LogP contribution in [0.5, 0.6) is 0 Å². The zero-order chi connectivity index (χ0) is 24.9. The maximum atomic E-state index is 13.1. The van der Waals surface area contributed by atoms with Crippen LogP contribution in [-0.4, -0.2) is 42.0 Å². The molecule has 0 spiro atoms. The molecule has 3 aromatic carbocycles. The molecular weight excluding hydrogens is 506 g/mol. The molecule has 1 aliphatic rings. The van der Waals surface area contributed by atoms with Crippen LogP contribution in [0.3, 0.4) is 0 Å². The Kier molecular flexibility index (Phi) is 8.71. The summed E-state index contributed by atoms with van der Waals surface area (Å²) in [6.45, 7) is 2.04. The lowest BCUT2D eigenvalue weighted by molar-refractivity contribution is -0.145. The third-order valence-corrected chi connectivity index (χ3v) is 7.41. The third kappa shape index (κ3) is 6.07. The average Bonchev–Trinajstić information content (AvgIpc) is 3.58. The van der Waals surface area contributed by atoms with E-state index in [1.54, 1.807) is 5.38 Å². The number of carbonyl (C=O) groups excluding carboxylic acids is 2. The summed E-state index contributed by atoms with van der Waals surface area (Å²) in [6.07, 6.45) is 0. The fourth-order valence-electron chi connectivity index (χ4n) is 4.77. The van der Waals surface area contributed by atoms with Crippen molar-refractivity contribution in [2.75, 3.05) is 25.5 Å². The lowest BCUT2D eigenvalue weighted by atomic mass is 9.88. The minimum atomic E-state index is -0.319. The van der Waals surface area contributed by atoms with E-state index in [4.69, 9.17) is 4.74 Å². The van der Waals surface area contributed by atoms with Crippen LogP contribution in [0.15, 0.2) is 90.3 Å². The normalized spacial score (nSPS) is 17.1. The van der Waals surface area contributed by atoms with Gasteiger partial charge >= 0.3 is 5.97 Å². The van der Waals surface area contributed by atoms with E-state index in [0.29, 0.717) is 24.5 Å². The van der Waals surface area contributed by atoms with Crippen molar-refractivity contribution < 1.29 is 14.3 Å². The predicted molar refractivity (Wildman–Crippen MR) is 149 cm³/mol. The number of para-hydroxylation sites is 1. The first-order valence-corrected chi connectivity index (χ1v) is 12.8. The highest BCUT2D eigenvalue weighted by Crippen LogP contribution is 2.38. The number of nitrogens with one attached hydrogen (secondary N) is 1. The fraction of sp³-hybridized carbons (Fsp3) is 0.207. The molecule has 37 heavy (non-hydrogen) atoms. The van der Waals surface area contributed by atoms with E-state index >= 15 is 0 Å². The molecule has 0 radical (unpaired) electrons. The number of anilines is 1. The molecule has 1 saturated heterocycles. The molecule has 1 amide bonds. The van der Waals surface area contributed by atoms with Crippen LogP contribution in [0.4, 0.5) is 5.69 Å². The van der Waals surface area contributed by atoms with Gasteiger partial charge < -0.3 is 10.1 Å². The van der Waals surface area contributed by atoms with Crippen LogP contribution in [0.25, 0.3) is 10.6 Å². The maximum Gasteiger partial charge on any atom is 0.310 e. The summed E-state index contributed by atoms with van der Waals surface area (Å²) in [5.74, 6) is -0.924. The highest BCUT2D eigenvalue weighted by atomic mass is 35.5. The van der Waals surface area contributed by atoms with Gasteiger partial charge in [0.15, 0.2) is 0 Å². The van der Waals surface area contributed by atoms with E-state index in [2.05, 4.69) is 27.3 Å². The van der Waals surface area contributed by atoms with Crippen molar-refractivity contribution >= 4 is 41.3 Å². The Labute approximate surface area is 226 Å². The van der Waals surface area contributed by atoms with Crippen molar-refractivity contribution in [3.8, 4) is 10.6 Å². The summed E-state index contributed by atoms with van der Waals surface area (Å²) >= 11 is 1.44. The molecule has 190 valence electrons. The molecule has 6 nitrogen and oxygen atoms in total. The number of rotatable bonds is 7. The summed E-state index contributed by atoms with van der Waals surface area (Å²) in [7, 11) is 1.43. The monoisotopic (exact) mass is 533 g/mol. The van der Waals surface area contributed by atoms with Gasteiger partial charge in [0, 0.05) is 42.2 Å². The molecule has 8 heteroatoms. The standard InChI is InChI=1S/C29H27N3O3S.ClH/c1-35-29(34)24-18-32(16-20-10-4-2-5-11-20)17-23(24)22-14-8-9-15-25(22)30-27(33)26-19-36-28(31-26)21-12-6-3-7-13-21;/h2-15,19,23-24H,16-18H2,1H3,(H,30,33);1H. The molecule has 2 heterocycles. The van der Waals surface area contributed by atoms with Gasteiger partial charge in [-0.2, -0.15) is 0 Å². The molecule has 2 unspecified atom stereocenters. The van der Waals surface area contributed by atoms with E-state index in [1.807, 2.05) is 72.8 Å². The van der Waals surface area contributed by atoms with E-state index in [0.717, 1.165) is 22.7 Å². The SMILES string of the molecule is COC(=O)C1CN(Cc2ccccc2)CC1c1ccccc1NC(=O)c1csc(-c2ccccc2)n1.Cl. The minimum absolute atomic E-state index is 0. The van der Waals surface area contributed by atoms with E-state index in [1.165, 1.54) is 24.0 Å². The van der Waals surface area contributed by atoms with Crippen LogP contribution in [0.1, 0.15) is 27.5 Å². The highest BCUT2D eigenvalue weighted by Gasteiger charge is 2.40. The summed E-state index contributed by atoms with van der Waals surface area (Å²) in [5.41, 5.74) is 4.16. The minimum Gasteiger partial charge on any atom is -0.469 e. The van der Waals surface area contributed by atoms with Crippen molar-refractivity contribution in [3.63, 3.8) is 0 Å². The number of hydrogen-bond acceptors (Lipinski definition) is 6. The summed E-state index contributed by atoms with van der Waals surface area (Å²) in [6, 6.07) is 27.7. The van der Waals surface area contributed by atoms with Crippen molar-refractivity contribution in [2.45, 2.75) is 12.5 Å². The van der Waals surface area contributed by atoms with Crippen LogP contribution in [-0.2, 0) is 16.1 Å². The Balaban J connectivity index is 0.00000320. The first-order chi connectivity index (χ1) is 17.6. The molecule has 0 aliphatic carbocycles. The number of benzene rings is 3. The number of hydrogen-bond donors (Lipinski definition) is 1. The van der Waals surface area contributed by atoms with Gasteiger partial charge in [-0.15, -0.1) is 23.7 Å². The van der Waals surface area contributed by atoms with Gasteiger partial charge in [-0.25, -0.2) is 4.98 Å². The van der Waals surface area contributed by atoms with Gasteiger partial charge in [-0.1, -0.05) is 78.9 Å². The molecule has 0 saturated carbocycles. The van der Waals surface area contributed by atoms with Gasteiger partial charge in [0.1, 0.15) is 10.7 Å². The van der Waals surface area contributed by atoms with Gasteiger partial charge in [-0.05, 0) is 17.2 Å².